The van der Waals surface area contributed by atoms with Gasteiger partial charge in [0.25, 0.3) is 0 Å². The van der Waals surface area contributed by atoms with E-state index in [1.807, 2.05) is 6.07 Å². The van der Waals surface area contributed by atoms with E-state index in [0.717, 1.165) is 37.2 Å². The van der Waals surface area contributed by atoms with Crippen LogP contribution in [0.3, 0.4) is 0 Å². The highest BCUT2D eigenvalue weighted by atomic mass is 19.1. The van der Waals surface area contributed by atoms with Gasteiger partial charge in [-0.3, -0.25) is 0 Å². The summed E-state index contributed by atoms with van der Waals surface area (Å²) in [6, 6.07) is 6.75. The third-order valence-electron chi connectivity index (χ3n) is 3.12. The number of hydrogen-bond donors (Lipinski definition) is 1. The Morgan fingerprint density at radius 2 is 1.90 bits per heavy atom. The molecule has 0 saturated heterocycles. The van der Waals surface area contributed by atoms with Crippen molar-refractivity contribution in [3.05, 3.63) is 42.0 Å². The molecule has 0 amide bonds. The maximum Gasteiger partial charge on any atom is 0.133 e. The van der Waals surface area contributed by atoms with Gasteiger partial charge in [0.1, 0.15) is 18.0 Å². The molecule has 20 heavy (non-hydrogen) atoms. The van der Waals surface area contributed by atoms with E-state index in [9.17, 15) is 4.39 Å². The fraction of sp³-hybridized carbons (Fsp3) is 0.375. The Hall–Kier alpha value is -1.97. The van der Waals surface area contributed by atoms with Crippen LogP contribution in [0.25, 0.3) is 11.3 Å². The normalized spacial score (nSPS) is 10.6. The Bertz CT molecular complexity index is 569. The maximum atomic E-state index is 14.0. The molecule has 0 spiro atoms. The Morgan fingerprint density at radius 3 is 2.60 bits per heavy atom. The highest BCUT2D eigenvalue weighted by Gasteiger charge is 2.14. The largest absolute Gasteiger partial charge is 0.370 e. The molecule has 3 nitrogen and oxygen atoms in total. The first-order valence-electron chi connectivity index (χ1n) is 7.10. The summed E-state index contributed by atoms with van der Waals surface area (Å²) < 4.78 is 14.0. The molecule has 0 unspecified atom stereocenters. The molecule has 0 saturated carbocycles. The predicted molar refractivity (Wildman–Crippen MR) is 80.2 cm³/mol. The van der Waals surface area contributed by atoms with E-state index in [1.54, 1.807) is 12.1 Å². The number of nitrogens with zero attached hydrogens (tertiary/aromatic N) is 2. The number of benzene rings is 1. The first-order valence-corrected chi connectivity index (χ1v) is 7.10. The fourth-order valence-electron chi connectivity index (χ4n) is 2.18. The van der Waals surface area contributed by atoms with Gasteiger partial charge in [0.05, 0.1) is 5.69 Å². The van der Waals surface area contributed by atoms with Gasteiger partial charge in [-0.2, -0.15) is 0 Å². The van der Waals surface area contributed by atoms with Gasteiger partial charge in [0, 0.05) is 17.7 Å². The summed E-state index contributed by atoms with van der Waals surface area (Å²) in [5.41, 5.74) is 2.23. The topological polar surface area (TPSA) is 37.8 Å². The lowest BCUT2D eigenvalue weighted by atomic mass is 10.0. The van der Waals surface area contributed by atoms with Crippen molar-refractivity contribution < 1.29 is 4.39 Å². The third kappa shape index (κ3) is 3.13. The van der Waals surface area contributed by atoms with E-state index < -0.39 is 0 Å². The quantitative estimate of drug-likeness (QED) is 0.862. The van der Waals surface area contributed by atoms with Crippen LogP contribution in [-0.4, -0.2) is 16.5 Å². The minimum atomic E-state index is -0.245. The molecular formula is C16H20FN3. The van der Waals surface area contributed by atoms with Crippen molar-refractivity contribution in [1.29, 1.82) is 0 Å². The van der Waals surface area contributed by atoms with Crippen LogP contribution < -0.4 is 5.32 Å². The Balaban J connectivity index is 2.49. The van der Waals surface area contributed by atoms with Gasteiger partial charge in [-0.1, -0.05) is 32.4 Å². The van der Waals surface area contributed by atoms with Crippen LogP contribution in [0.2, 0.25) is 0 Å². The van der Waals surface area contributed by atoms with Crippen LogP contribution in [0.1, 0.15) is 32.3 Å². The lowest BCUT2D eigenvalue weighted by Crippen LogP contribution is -2.08. The van der Waals surface area contributed by atoms with Crippen molar-refractivity contribution in [2.24, 2.45) is 0 Å². The van der Waals surface area contributed by atoms with Crippen LogP contribution in [0, 0.1) is 5.82 Å². The van der Waals surface area contributed by atoms with Gasteiger partial charge in [0.2, 0.25) is 0 Å². The van der Waals surface area contributed by atoms with E-state index >= 15 is 0 Å². The molecule has 1 N–H and O–H groups in total. The van der Waals surface area contributed by atoms with E-state index in [4.69, 9.17) is 0 Å². The van der Waals surface area contributed by atoms with Gasteiger partial charge in [-0.05, 0) is 25.0 Å². The molecule has 0 aliphatic carbocycles. The minimum Gasteiger partial charge on any atom is -0.370 e. The number of hydrogen-bond acceptors (Lipinski definition) is 3. The molecule has 0 atom stereocenters. The van der Waals surface area contributed by atoms with Crippen LogP contribution in [0.4, 0.5) is 10.2 Å². The second-order valence-corrected chi connectivity index (χ2v) is 4.71. The molecule has 106 valence electrons. The van der Waals surface area contributed by atoms with E-state index in [-0.39, 0.29) is 5.82 Å². The van der Waals surface area contributed by atoms with Crippen molar-refractivity contribution in [3.63, 3.8) is 0 Å². The number of anilines is 1. The lowest BCUT2D eigenvalue weighted by molar-refractivity contribution is 0.630. The molecule has 2 aromatic rings. The molecule has 0 radical (unpaired) electrons. The SMILES string of the molecule is CCCNc1ncnc(-c2ccccc2F)c1CCC. The molecule has 2 rings (SSSR count). The van der Waals surface area contributed by atoms with Crippen molar-refractivity contribution in [2.75, 3.05) is 11.9 Å². The Kier molecular flexibility index (Phi) is 5.04. The van der Waals surface area contributed by atoms with Crippen LogP contribution >= 0.6 is 0 Å². The number of halogens is 1. The van der Waals surface area contributed by atoms with Crippen molar-refractivity contribution in [1.82, 2.24) is 9.97 Å². The van der Waals surface area contributed by atoms with E-state index in [1.165, 1.54) is 12.4 Å². The Morgan fingerprint density at radius 1 is 1.10 bits per heavy atom. The summed E-state index contributed by atoms with van der Waals surface area (Å²) in [5.74, 6) is 0.576. The van der Waals surface area contributed by atoms with Crippen molar-refractivity contribution >= 4 is 5.82 Å². The molecule has 1 aromatic carbocycles. The van der Waals surface area contributed by atoms with Gasteiger partial charge in [-0.15, -0.1) is 0 Å². The molecule has 0 aliphatic rings. The second kappa shape index (κ2) is 6.98. The molecule has 1 aromatic heterocycles. The van der Waals surface area contributed by atoms with Crippen LogP contribution in [0.5, 0.6) is 0 Å². The first-order chi connectivity index (χ1) is 9.77. The molecule has 1 heterocycles. The number of nitrogens with one attached hydrogen (secondary N) is 1. The average Bonchev–Trinajstić information content (AvgIpc) is 2.47. The smallest absolute Gasteiger partial charge is 0.133 e. The summed E-state index contributed by atoms with van der Waals surface area (Å²) >= 11 is 0. The van der Waals surface area contributed by atoms with Gasteiger partial charge in [-0.25, -0.2) is 14.4 Å². The van der Waals surface area contributed by atoms with Crippen molar-refractivity contribution in [2.45, 2.75) is 33.1 Å². The van der Waals surface area contributed by atoms with Gasteiger partial charge in [0.15, 0.2) is 0 Å². The third-order valence-corrected chi connectivity index (χ3v) is 3.12. The molecule has 0 bridgehead atoms. The maximum absolute atomic E-state index is 14.0. The Labute approximate surface area is 119 Å². The summed E-state index contributed by atoms with van der Waals surface area (Å²) in [6.07, 6.45) is 4.32. The predicted octanol–water partition coefficient (Wildman–Crippen LogP) is 4.06. The van der Waals surface area contributed by atoms with Gasteiger partial charge >= 0.3 is 0 Å². The van der Waals surface area contributed by atoms with Crippen LogP contribution in [0.15, 0.2) is 30.6 Å². The van der Waals surface area contributed by atoms with Crippen molar-refractivity contribution in [3.8, 4) is 11.3 Å². The number of rotatable bonds is 6. The molecule has 0 fully saturated rings. The molecular weight excluding hydrogens is 253 g/mol. The molecule has 0 aliphatic heterocycles. The monoisotopic (exact) mass is 273 g/mol. The second-order valence-electron chi connectivity index (χ2n) is 4.71. The summed E-state index contributed by atoms with van der Waals surface area (Å²) in [7, 11) is 0. The van der Waals surface area contributed by atoms with Crippen LogP contribution in [-0.2, 0) is 6.42 Å². The average molecular weight is 273 g/mol. The summed E-state index contributed by atoms with van der Waals surface area (Å²) in [5, 5.41) is 3.30. The summed E-state index contributed by atoms with van der Waals surface area (Å²) in [6.45, 7) is 5.05. The zero-order chi connectivity index (χ0) is 14.4. The zero-order valence-corrected chi connectivity index (χ0v) is 12.0. The standard InChI is InChI=1S/C16H20FN3/c1-3-7-13-15(12-8-5-6-9-14(12)17)19-11-20-16(13)18-10-4-2/h5-6,8-9,11H,3-4,7,10H2,1-2H3,(H,18,19,20). The number of aromatic nitrogens is 2. The highest BCUT2D eigenvalue weighted by Crippen LogP contribution is 2.28. The van der Waals surface area contributed by atoms with E-state index in [0.29, 0.717) is 11.3 Å². The highest BCUT2D eigenvalue weighted by molar-refractivity contribution is 5.68. The summed E-state index contributed by atoms with van der Waals surface area (Å²) in [4.78, 5) is 8.61. The lowest BCUT2D eigenvalue weighted by Gasteiger charge is -2.14. The fourth-order valence-corrected chi connectivity index (χ4v) is 2.18. The van der Waals surface area contributed by atoms with Gasteiger partial charge < -0.3 is 5.32 Å². The zero-order valence-electron chi connectivity index (χ0n) is 12.0. The first kappa shape index (κ1) is 14.4. The minimum absolute atomic E-state index is 0.245. The molecule has 4 heteroatoms. The van der Waals surface area contributed by atoms with E-state index in [2.05, 4.69) is 29.1 Å².